The van der Waals surface area contributed by atoms with Gasteiger partial charge in [-0.05, 0) is 72.6 Å². The second kappa shape index (κ2) is 6.80. The Balaban J connectivity index is 1.55. The molecule has 0 radical (unpaired) electrons. The van der Waals surface area contributed by atoms with Gasteiger partial charge >= 0.3 is 0 Å². The molecule has 1 aliphatic heterocycles. The third-order valence-electron chi connectivity index (χ3n) is 12.3. The summed E-state index contributed by atoms with van der Waals surface area (Å²) in [6.45, 7) is 14.9. The molecule has 4 saturated carbocycles. The highest BCUT2D eigenvalue weighted by atomic mass is 31.1. The number of hydrogen-bond acceptors (Lipinski definition) is 2. The zero-order chi connectivity index (χ0) is 24.5. The summed E-state index contributed by atoms with van der Waals surface area (Å²) >= 11 is 0. The van der Waals surface area contributed by atoms with Crippen molar-refractivity contribution in [3.05, 3.63) is 59.7 Å². The van der Waals surface area contributed by atoms with Crippen LogP contribution in [0.1, 0.15) is 91.2 Å². The number of fused-ring (bicyclic) bond motifs is 11. The molecular formula is C32H41O2P. The molecule has 5 aliphatic rings. The van der Waals surface area contributed by atoms with Crippen LogP contribution in [0.4, 0.5) is 0 Å². The minimum atomic E-state index is -0.348. The van der Waals surface area contributed by atoms with E-state index in [2.05, 4.69) is 90.1 Å². The van der Waals surface area contributed by atoms with Crippen molar-refractivity contribution in [3.63, 3.8) is 0 Å². The lowest BCUT2D eigenvalue weighted by molar-refractivity contribution is -0.155. The highest BCUT2D eigenvalue weighted by molar-refractivity contribution is 7.26. The van der Waals surface area contributed by atoms with Gasteiger partial charge in [0.05, 0.1) is 0 Å². The second-order valence-corrected chi connectivity index (χ2v) is 14.8. The Bertz CT molecular complexity index is 1110. The molecule has 0 aromatic heterocycles. The molecule has 2 nitrogen and oxygen atoms in total. The Labute approximate surface area is 213 Å². The highest BCUT2D eigenvalue weighted by Gasteiger charge is 2.74. The summed E-state index contributed by atoms with van der Waals surface area (Å²) in [4.78, 5) is 0. The monoisotopic (exact) mass is 488 g/mol. The first-order chi connectivity index (χ1) is 16.5. The quantitative estimate of drug-likeness (QED) is 0.345. The first kappa shape index (κ1) is 22.9. The Hall–Kier alpha value is -1.21. The molecule has 0 saturated heterocycles. The van der Waals surface area contributed by atoms with Crippen LogP contribution >= 0.6 is 9.03 Å². The van der Waals surface area contributed by atoms with Crippen molar-refractivity contribution in [1.29, 1.82) is 0 Å². The lowest BCUT2D eigenvalue weighted by Gasteiger charge is -2.55. The fourth-order valence-corrected chi connectivity index (χ4v) is 12.2. The van der Waals surface area contributed by atoms with Crippen molar-refractivity contribution in [3.8, 4) is 11.1 Å². The van der Waals surface area contributed by atoms with Gasteiger partial charge in [0, 0.05) is 21.7 Å². The number of hydrogen-bond donors (Lipinski definition) is 0. The van der Waals surface area contributed by atoms with Gasteiger partial charge in [-0.2, -0.15) is 0 Å². The van der Waals surface area contributed by atoms with E-state index in [4.69, 9.17) is 9.05 Å². The van der Waals surface area contributed by atoms with Crippen LogP contribution in [0.3, 0.4) is 0 Å². The Morgan fingerprint density at radius 3 is 1.40 bits per heavy atom. The van der Waals surface area contributed by atoms with Gasteiger partial charge in [0.1, 0.15) is 11.2 Å². The molecule has 35 heavy (non-hydrogen) atoms. The number of rotatable bonds is 0. The average Bonchev–Trinajstić information content (AvgIpc) is 3.51. The Kier molecular flexibility index (Phi) is 4.46. The van der Waals surface area contributed by atoms with Crippen LogP contribution in [0.25, 0.3) is 11.1 Å². The fraction of sp³-hybridized carbons (Fsp3) is 0.625. The van der Waals surface area contributed by atoms with E-state index in [1.54, 1.807) is 0 Å². The van der Waals surface area contributed by atoms with Crippen LogP contribution in [-0.2, 0) is 20.2 Å². The molecule has 6 unspecified atom stereocenters. The molecule has 2 aromatic carbocycles. The SMILES string of the molecule is CC12CCC(C1)C(C)(C)C21OPOC2(c3ccccc3-c3ccccc31)C1(C)CCC(C1)C2(C)C. The lowest BCUT2D eigenvalue weighted by atomic mass is 9.55. The van der Waals surface area contributed by atoms with Crippen LogP contribution in [0, 0.1) is 33.5 Å². The summed E-state index contributed by atoms with van der Waals surface area (Å²) in [7, 11) is 0.0341. The topological polar surface area (TPSA) is 18.5 Å². The maximum atomic E-state index is 7.36. The van der Waals surface area contributed by atoms with Gasteiger partial charge in [0.15, 0.2) is 9.03 Å². The van der Waals surface area contributed by atoms with Crippen molar-refractivity contribution in [1.82, 2.24) is 0 Å². The van der Waals surface area contributed by atoms with Gasteiger partial charge in [-0.25, -0.2) is 0 Å². The molecule has 7 rings (SSSR count). The molecule has 0 amide bonds. The minimum absolute atomic E-state index is 0.0341. The lowest BCUT2D eigenvalue weighted by Crippen LogP contribution is -2.53. The maximum absolute atomic E-state index is 7.36. The van der Waals surface area contributed by atoms with E-state index in [9.17, 15) is 0 Å². The van der Waals surface area contributed by atoms with Crippen molar-refractivity contribution < 1.29 is 9.05 Å². The zero-order valence-electron chi connectivity index (χ0n) is 22.3. The second-order valence-electron chi connectivity index (χ2n) is 14.2. The van der Waals surface area contributed by atoms with E-state index in [0.717, 1.165) is 0 Å². The largest absolute Gasteiger partial charge is 0.324 e. The van der Waals surface area contributed by atoms with E-state index in [0.29, 0.717) is 11.8 Å². The maximum Gasteiger partial charge on any atom is 0.156 e. The molecule has 1 heterocycles. The predicted octanol–water partition coefficient (Wildman–Crippen LogP) is 8.99. The van der Waals surface area contributed by atoms with Crippen LogP contribution in [-0.4, -0.2) is 0 Å². The first-order valence-electron chi connectivity index (χ1n) is 13.8. The van der Waals surface area contributed by atoms with Crippen molar-refractivity contribution >= 4 is 9.03 Å². The molecule has 2 aromatic rings. The summed E-state index contributed by atoms with van der Waals surface area (Å²) < 4.78 is 14.7. The van der Waals surface area contributed by atoms with Gasteiger partial charge in [-0.15, -0.1) is 0 Å². The molecule has 186 valence electrons. The Morgan fingerprint density at radius 1 is 0.629 bits per heavy atom. The zero-order valence-corrected chi connectivity index (χ0v) is 23.3. The third-order valence-corrected chi connectivity index (χ3v) is 13.1. The molecule has 6 atom stereocenters. The summed E-state index contributed by atoms with van der Waals surface area (Å²) in [5, 5.41) is 0. The van der Waals surface area contributed by atoms with Crippen LogP contribution in [0.5, 0.6) is 0 Å². The molecular weight excluding hydrogens is 447 g/mol. The molecule has 2 spiro atoms. The standard InChI is InChI=1S/C32H41O2P/c1-27(2)21-15-17-29(5,19-21)31(27)25-13-9-7-11-23(25)24-12-8-10-14-26(24)32(34-35-33-31)28(3,4)22-16-18-30(32,6)20-22/h7-14,21-22,35H,15-20H2,1-6H3. The normalized spacial score (nSPS) is 44.9. The minimum Gasteiger partial charge on any atom is -0.324 e. The fourth-order valence-electron chi connectivity index (χ4n) is 10.6. The summed E-state index contributed by atoms with van der Waals surface area (Å²) in [5.74, 6) is 1.37. The smallest absolute Gasteiger partial charge is 0.156 e. The summed E-state index contributed by atoms with van der Waals surface area (Å²) in [5.41, 5.74) is 5.15. The molecule has 0 N–H and O–H groups in total. The summed E-state index contributed by atoms with van der Waals surface area (Å²) in [6.07, 6.45) is 7.59. The number of benzene rings is 2. The molecule has 3 heteroatoms. The van der Waals surface area contributed by atoms with Gasteiger partial charge < -0.3 is 9.05 Å². The van der Waals surface area contributed by atoms with Crippen molar-refractivity contribution in [2.45, 2.75) is 91.3 Å². The highest BCUT2D eigenvalue weighted by Crippen LogP contribution is 2.79. The van der Waals surface area contributed by atoms with Crippen molar-refractivity contribution in [2.75, 3.05) is 0 Å². The van der Waals surface area contributed by atoms with Crippen molar-refractivity contribution in [2.24, 2.45) is 33.5 Å². The van der Waals surface area contributed by atoms with Gasteiger partial charge in [-0.3, -0.25) is 0 Å². The van der Waals surface area contributed by atoms with E-state index in [-0.39, 0.29) is 41.9 Å². The van der Waals surface area contributed by atoms with Gasteiger partial charge in [0.2, 0.25) is 0 Å². The molecule has 4 bridgehead atoms. The van der Waals surface area contributed by atoms with Crippen LogP contribution < -0.4 is 0 Å². The van der Waals surface area contributed by atoms with Crippen LogP contribution in [0.15, 0.2) is 48.5 Å². The molecule has 4 aliphatic carbocycles. The van der Waals surface area contributed by atoms with Crippen LogP contribution in [0.2, 0.25) is 0 Å². The van der Waals surface area contributed by atoms with E-state index < -0.39 is 0 Å². The third kappa shape index (κ3) is 2.36. The van der Waals surface area contributed by atoms with Gasteiger partial charge in [0.25, 0.3) is 0 Å². The van der Waals surface area contributed by atoms with Gasteiger partial charge in [-0.1, -0.05) is 90.1 Å². The molecule has 4 fully saturated rings. The summed E-state index contributed by atoms with van der Waals surface area (Å²) in [6, 6.07) is 18.4. The Morgan fingerprint density at radius 2 is 1.03 bits per heavy atom. The predicted molar refractivity (Wildman–Crippen MR) is 144 cm³/mol. The van der Waals surface area contributed by atoms with E-state index >= 15 is 0 Å². The van der Waals surface area contributed by atoms with E-state index in [1.807, 2.05) is 0 Å². The van der Waals surface area contributed by atoms with E-state index in [1.165, 1.54) is 60.8 Å². The first-order valence-corrected chi connectivity index (χ1v) is 14.7. The average molecular weight is 489 g/mol.